The van der Waals surface area contributed by atoms with E-state index in [1.54, 1.807) is 19.1 Å². The number of amides is 1. The molecule has 4 nitrogen and oxygen atoms in total. The van der Waals surface area contributed by atoms with Crippen LogP contribution < -0.4 is 0 Å². The molecule has 1 N–H and O–H groups in total. The summed E-state index contributed by atoms with van der Waals surface area (Å²) in [5.41, 5.74) is -0.745. The first-order chi connectivity index (χ1) is 8.07. The van der Waals surface area contributed by atoms with Crippen molar-refractivity contribution in [2.75, 3.05) is 27.3 Å². The monoisotopic (exact) mass is 243 g/mol. The van der Waals surface area contributed by atoms with E-state index in [-0.39, 0.29) is 12.3 Å². The highest BCUT2D eigenvalue weighted by Crippen LogP contribution is 2.31. The molecule has 4 heteroatoms. The molecule has 17 heavy (non-hydrogen) atoms. The molecule has 100 valence electrons. The Hall–Kier alpha value is -0.610. The molecular weight excluding hydrogens is 218 g/mol. The first kappa shape index (κ1) is 14.5. The van der Waals surface area contributed by atoms with Crippen LogP contribution in [0.15, 0.2) is 0 Å². The number of hydrogen-bond acceptors (Lipinski definition) is 3. The third-order valence-electron chi connectivity index (χ3n) is 3.53. The molecule has 0 radical (unpaired) electrons. The van der Waals surface area contributed by atoms with E-state index in [4.69, 9.17) is 4.74 Å². The molecule has 0 saturated heterocycles. The standard InChI is InChI=1S/C13H25NO3/c1-14(9-6-10-17-2)12(15)11-13(16)7-4-3-5-8-13/h16H,3-11H2,1-2H3. The highest BCUT2D eigenvalue weighted by atomic mass is 16.5. The third-order valence-corrected chi connectivity index (χ3v) is 3.53. The molecular formula is C13H25NO3. The minimum Gasteiger partial charge on any atom is -0.389 e. The molecule has 0 unspecified atom stereocenters. The number of carbonyl (C=O) groups excluding carboxylic acids is 1. The van der Waals surface area contributed by atoms with E-state index in [0.29, 0.717) is 13.2 Å². The van der Waals surface area contributed by atoms with Crippen LogP contribution in [-0.4, -0.2) is 48.8 Å². The Balaban J connectivity index is 2.31. The lowest BCUT2D eigenvalue weighted by Crippen LogP contribution is -2.39. The van der Waals surface area contributed by atoms with Gasteiger partial charge in [0.1, 0.15) is 0 Å². The van der Waals surface area contributed by atoms with Crippen LogP contribution in [0.25, 0.3) is 0 Å². The number of rotatable bonds is 6. The molecule has 1 saturated carbocycles. The third kappa shape index (κ3) is 5.04. The number of nitrogens with zero attached hydrogens (tertiary/aromatic N) is 1. The van der Waals surface area contributed by atoms with E-state index in [1.165, 1.54) is 6.42 Å². The summed E-state index contributed by atoms with van der Waals surface area (Å²) in [5, 5.41) is 10.3. The highest BCUT2D eigenvalue weighted by molar-refractivity contribution is 5.77. The van der Waals surface area contributed by atoms with Crippen molar-refractivity contribution in [1.29, 1.82) is 0 Å². The molecule has 1 aliphatic rings. The van der Waals surface area contributed by atoms with Gasteiger partial charge in [-0.3, -0.25) is 4.79 Å². The molecule has 0 bridgehead atoms. The van der Waals surface area contributed by atoms with Gasteiger partial charge in [-0.15, -0.1) is 0 Å². The number of ether oxygens (including phenoxy) is 1. The zero-order valence-corrected chi connectivity index (χ0v) is 11.1. The zero-order chi connectivity index (χ0) is 12.7. The van der Waals surface area contributed by atoms with Crippen molar-refractivity contribution < 1.29 is 14.6 Å². The van der Waals surface area contributed by atoms with Gasteiger partial charge in [0, 0.05) is 27.3 Å². The zero-order valence-electron chi connectivity index (χ0n) is 11.1. The lowest BCUT2D eigenvalue weighted by atomic mass is 9.82. The smallest absolute Gasteiger partial charge is 0.225 e. The Kier molecular flexibility index (Phi) is 5.92. The second kappa shape index (κ2) is 6.97. The summed E-state index contributed by atoms with van der Waals surface area (Å²) in [4.78, 5) is 13.6. The van der Waals surface area contributed by atoms with Gasteiger partial charge in [-0.25, -0.2) is 0 Å². The van der Waals surface area contributed by atoms with Crippen molar-refractivity contribution in [1.82, 2.24) is 4.90 Å². The van der Waals surface area contributed by atoms with Gasteiger partial charge >= 0.3 is 0 Å². The van der Waals surface area contributed by atoms with Crippen molar-refractivity contribution >= 4 is 5.91 Å². The van der Waals surface area contributed by atoms with Crippen LogP contribution in [0.1, 0.15) is 44.9 Å². The summed E-state index contributed by atoms with van der Waals surface area (Å²) >= 11 is 0. The fourth-order valence-corrected chi connectivity index (χ4v) is 2.37. The second-order valence-electron chi connectivity index (χ2n) is 5.12. The Morgan fingerprint density at radius 3 is 2.59 bits per heavy atom. The number of hydrogen-bond donors (Lipinski definition) is 1. The van der Waals surface area contributed by atoms with Crippen LogP contribution >= 0.6 is 0 Å². The van der Waals surface area contributed by atoms with E-state index in [0.717, 1.165) is 32.1 Å². The van der Waals surface area contributed by atoms with Gasteiger partial charge in [0.2, 0.25) is 5.91 Å². The molecule has 1 aliphatic carbocycles. The van der Waals surface area contributed by atoms with Crippen LogP contribution in [0, 0.1) is 0 Å². The van der Waals surface area contributed by atoms with Crippen molar-refractivity contribution in [2.24, 2.45) is 0 Å². The molecule has 1 rings (SSSR count). The fraction of sp³-hybridized carbons (Fsp3) is 0.923. The topological polar surface area (TPSA) is 49.8 Å². The summed E-state index contributed by atoms with van der Waals surface area (Å²) in [6, 6.07) is 0. The summed E-state index contributed by atoms with van der Waals surface area (Å²) in [5.74, 6) is 0.0468. The first-order valence-electron chi connectivity index (χ1n) is 6.53. The van der Waals surface area contributed by atoms with Crippen LogP contribution in [0.2, 0.25) is 0 Å². The van der Waals surface area contributed by atoms with E-state index in [1.807, 2.05) is 0 Å². The van der Waals surface area contributed by atoms with Crippen molar-refractivity contribution in [2.45, 2.75) is 50.5 Å². The lowest BCUT2D eigenvalue weighted by Gasteiger charge is -2.32. The van der Waals surface area contributed by atoms with Gasteiger partial charge in [-0.05, 0) is 19.3 Å². The Morgan fingerprint density at radius 2 is 2.00 bits per heavy atom. The molecule has 1 fully saturated rings. The van der Waals surface area contributed by atoms with Gasteiger partial charge in [0.05, 0.1) is 12.0 Å². The predicted octanol–water partition coefficient (Wildman–Crippen LogP) is 1.57. The highest BCUT2D eigenvalue weighted by Gasteiger charge is 2.32. The number of aliphatic hydroxyl groups is 1. The largest absolute Gasteiger partial charge is 0.389 e. The SMILES string of the molecule is COCCCN(C)C(=O)CC1(O)CCCCC1. The summed E-state index contributed by atoms with van der Waals surface area (Å²) in [6.45, 7) is 1.37. The molecule has 0 heterocycles. The maximum absolute atomic E-state index is 11.9. The molecule has 0 atom stereocenters. The van der Waals surface area contributed by atoms with Gasteiger partial charge in [0.25, 0.3) is 0 Å². The average molecular weight is 243 g/mol. The van der Waals surface area contributed by atoms with Gasteiger partial charge in [-0.1, -0.05) is 19.3 Å². The van der Waals surface area contributed by atoms with Crippen LogP contribution in [0.4, 0.5) is 0 Å². The molecule has 0 aliphatic heterocycles. The van der Waals surface area contributed by atoms with Crippen molar-refractivity contribution in [3.8, 4) is 0 Å². The molecule has 0 aromatic heterocycles. The fourth-order valence-electron chi connectivity index (χ4n) is 2.37. The van der Waals surface area contributed by atoms with Crippen molar-refractivity contribution in [3.05, 3.63) is 0 Å². The summed E-state index contributed by atoms with van der Waals surface area (Å²) in [6.07, 6.45) is 5.91. The van der Waals surface area contributed by atoms with Crippen LogP contribution in [0.3, 0.4) is 0 Å². The maximum atomic E-state index is 11.9. The summed E-state index contributed by atoms with van der Waals surface area (Å²) < 4.78 is 4.95. The quantitative estimate of drug-likeness (QED) is 0.720. The first-order valence-corrected chi connectivity index (χ1v) is 6.53. The van der Waals surface area contributed by atoms with E-state index in [9.17, 15) is 9.90 Å². The van der Waals surface area contributed by atoms with Crippen LogP contribution in [-0.2, 0) is 9.53 Å². The Morgan fingerprint density at radius 1 is 1.35 bits per heavy atom. The molecule has 0 aromatic carbocycles. The van der Waals surface area contributed by atoms with Gasteiger partial charge < -0.3 is 14.7 Å². The lowest BCUT2D eigenvalue weighted by molar-refractivity contribution is -0.136. The van der Waals surface area contributed by atoms with E-state index >= 15 is 0 Å². The molecule has 0 aromatic rings. The van der Waals surface area contributed by atoms with E-state index in [2.05, 4.69) is 0 Å². The predicted molar refractivity (Wildman–Crippen MR) is 66.8 cm³/mol. The van der Waals surface area contributed by atoms with Gasteiger partial charge in [-0.2, -0.15) is 0 Å². The maximum Gasteiger partial charge on any atom is 0.225 e. The van der Waals surface area contributed by atoms with E-state index < -0.39 is 5.60 Å². The average Bonchev–Trinajstić information content (AvgIpc) is 2.29. The summed E-state index contributed by atoms with van der Waals surface area (Å²) in [7, 11) is 3.46. The van der Waals surface area contributed by atoms with Crippen LogP contribution in [0.5, 0.6) is 0 Å². The van der Waals surface area contributed by atoms with Gasteiger partial charge in [0.15, 0.2) is 0 Å². The minimum absolute atomic E-state index is 0.0468. The molecule has 0 spiro atoms. The Bertz CT molecular complexity index is 237. The number of carbonyl (C=O) groups is 1. The Labute approximate surface area is 104 Å². The minimum atomic E-state index is -0.745. The second-order valence-corrected chi connectivity index (χ2v) is 5.12. The number of methoxy groups -OCH3 is 1. The normalized spacial score (nSPS) is 19.0. The molecule has 1 amide bonds. The van der Waals surface area contributed by atoms with Crippen molar-refractivity contribution in [3.63, 3.8) is 0 Å².